The fourth-order valence-corrected chi connectivity index (χ4v) is 2.14. The van der Waals surface area contributed by atoms with Crippen molar-refractivity contribution in [2.24, 2.45) is 5.73 Å². The number of nitrogens with zero attached hydrogens (tertiary/aromatic N) is 1. The number of ether oxygens (including phenoxy) is 1. The number of rotatable bonds is 8. The molecule has 1 aromatic rings. The Morgan fingerprint density at radius 3 is 2.58 bits per heavy atom. The minimum Gasteiger partial charge on any atom is -0.494 e. The number of methoxy groups -OCH3 is 1. The molecule has 1 atom stereocenters. The Bertz CT molecular complexity index is 380. The summed E-state index contributed by atoms with van der Waals surface area (Å²) in [5, 5.41) is 0. The number of hydrogen-bond acceptors (Lipinski definition) is 3. The van der Waals surface area contributed by atoms with Crippen LogP contribution >= 0.6 is 0 Å². The topological polar surface area (TPSA) is 38.5 Å². The molecule has 3 nitrogen and oxygen atoms in total. The van der Waals surface area contributed by atoms with E-state index in [-0.39, 0.29) is 17.6 Å². The molecule has 0 heterocycles. The molecular weight excluding hydrogens is 243 g/mol. The monoisotopic (exact) mass is 268 g/mol. The van der Waals surface area contributed by atoms with E-state index in [1.54, 1.807) is 18.2 Å². The smallest absolute Gasteiger partial charge is 0.168 e. The van der Waals surface area contributed by atoms with E-state index in [0.717, 1.165) is 26.1 Å². The maximum atomic E-state index is 14.0. The molecule has 0 saturated carbocycles. The van der Waals surface area contributed by atoms with Crippen LogP contribution < -0.4 is 10.5 Å². The summed E-state index contributed by atoms with van der Waals surface area (Å²) >= 11 is 0. The maximum absolute atomic E-state index is 14.0. The summed E-state index contributed by atoms with van der Waals surface area (Å²) in [5.74, 6) is -0.00303. The van der Waals surface area contributed by atoms with Crippen LogP contribution in [-0.2, 0) is 6.42 Å². The summed E-state index contributed by atoms with van der Waals surface area (Å²) in [6.45, 7) is 7.28. The van der Waals surface area contributed by atoms with E-state index >= 15 is 0 Å². The summed E-state index contributed by atoms with van der Waals surface area (Å²) < 4.78 is 18.9. The highest BCUT2D eigenvalue weighted by Gasteiger charge is 2.12. The third-order valence-corrected chi connectivity index (χ3v) is 3.46. The Morgan fingerprint density at radius 2 is 2.00 bits per heavy atom. The Morgan fingerprint density at radius 1 is 1.32 bits per heavy atom. The first-order valence-electron chi connectivity index (χ1n) is 6.91. The molecule has 0 aliphatic heterocycles. The molecule has 0 radical (unpaired) electrons. The molecule has 0 saturated heterocycles. The first-order valence-corrected chi connectivity index (χ1v) is 6.91. The van der Waals surface area contributed by atoms with Crippen LogP contribution in [0.3, 0.4) is 0 Å². The van der Waals surface area contributed by atoms with Crippen LogP contribution in [0.15, 0.2) is 18.2 Å². The highest BCUT2D eigenvalue weighted by Crippen LogP contribution is 2.21. The Labute approximate surface area is 115 Å². The Balaban J connectivity index is 2.55. The first kappa shape index (κ1) is 15.9. The van der Waals surface area contributed by atoms with Crippen molar-refractivity contribution >= 4 is 0 Å². The summed E-state index contributed by atoms with van der Waals surface area (Å²) in [6.07, 6.45) is 1.42. The molecule has 0 spiro atoms. The van der Waals surface area contributed by atoms with Crippen LogP contribution in [0.5, 0.6) is 5.75 Å². The molecule has 0 aliphatic rings. The second kappa shape index (κ2) is 8.12. The van der Waals surface area contributed by atoms with E-state index in [2.05, 4.69) is 18.7 Å². The third kappa shape index (κ3) is 4.80. The molecule has 0 amide bonds. The van der Waals surface area contributed by atoms with Gasteiger partial charge in [0.25, 0.3) is 0 Å². The highest BCUT2D eigenvalue weighted by molar-refractivity contribution is 5.31. The molecule has 108 valence electrons. The van der Waals surface area contributed by atoms with Crippen LogP contribution in [0, 0.1) is 5.82 Å². The van der Waals surface area contributed by atoms with Gasteiger partial charge in [0, 0.05) is 6.04 Å². The maximum Gasteiger partial charge on any atom is 0.168 e. The van der Waals surface area contributed by atoms with Gasteiger partial charge in [-0.1, -0.05) is 26.0 Å². The van der Waals surface area contributed by atoms with Crippen molar-refractivity contribution in [1.29, 1.82) is 0 Å². The number of nitrogens with two attached hydrogens (primary N) is 1. The van der Waals surface area contributed by atoms with Crippen molar-refractivity contribution in [2.45, 2.75) is 32.7 Å². The van der Waals surface area contributed by atoms with E-state index in [1.165, 1.54) is 7.11 Å². The number of halogens is 1. The van der Waals surface area contributed by atoms with Crippen molar-refractivity contribution in [3.63, 3.8) is 0 Å². The molecule has 0 aliphatic carbocycles. The zero-order valence-electron chi connectivity index (χ0n) is 12.2. The predicted octanol–water partition coefficient (Wildman–Crippen LogP) is 2.44. The SMILES string of the molecule is CCN(CC)CCC(N)Cc1cccc(OC)c1F. The fraction of sp³-hybridized carbons (Fsp3) is 0.600. The van der Waals surface area contributed by atoms with Crippen LogP contribution in [0.25, 0.3) is 0 Å². The molecule has 0 bridgehead atoms. The fourth-order valence-electron chi connectivity index (χ4n) is 2.14. The van der Waals surface area contributed by atoms with Gasteiger partial charge in [0.15, 0.2) is 11.6 Å². The van der Waals surface area contributed by atoms with Gasteiger partial charge in [-0.3, -0.25) is 0 Å². The zero-order chi connectivity index (χ0) is 14.3. The van der Waals surface area contributed by atoms with Gasteiger partial charge in [-0.05, 0) is 44.1 Å². The summed E-state index contributed by atoms with van der Waals surface area (Å²) in [4.78, 5) is 2.32. The van der Waals surface area contributed by atoms with Crippen LogP contribution in [0.2, 0.25) is 0 Å². The van der Waals surface area contributed by atoms with E-state index in [9.17, 15) is 4.39 Å². The Hall–Kier alpha value is -1.13. The quantitative estimate of drug-likeness (QED) is 0.787. The lowest BCUT2D eigenvalue weighted by Crippen LogP contribution is -2.31. The Kier molecular flexibility index (Phi) is 6.81. The number of hydrogen-bond donors (Lipinski definition) is 1. The third-order valence-electron chi connectivity index (χ3n) is 3.46. The van der Waals surface area contributed by atoms with E-state index < -0.39 is 0 Å². The second-order valence-electron chi connectivity index (χ2n) is 4.71. The molecule has 1 rings (SSSR count). The van der Waals surface area contributed by atoms with Gasteiger partial charge >= 0.3 is 0 Å². The standard InChI is InChI=1S/C15H25FN2O/c1-4-18(5-2)10-9-13(17)11-12-7-6-8-14(19-3)15(12)16/h6-8,13H,4-5,9-11,17H2,1-3H3. The van der Waals surface area contributed by atoms with Crippen molar-refractivity contribution < 1.29 is 9.13 Å². The summed E-state index contributed by atoms with van der Waals surface area (Å²) in [7, 11) is 1.47. The van der Waals surface area contributed by atoms with Gasteiger partial charge in [0.2, 0.25) is 0 Å². The molecule has 0 aromatic heterocycles. The molecule has 1 aromatic carbocycles. The van der Waals surface area contributed by atoms with Crippen LogP contribution in [0.4, 0.5) is 4.39 Å². The largest absolute Gasteiger partial charge is 0.494 e. The average Bonchev–Trinajstić information content (AvgIpc) is 2.42. The first-order chi connectivity index (χ1) is 9.12. The van der Waals surface area contributed by atoms with Gasteiger partial charge in [-0.2, -0.15) is 0 Å². The highest BCUT2D eigenvalue weighted by atomic mass is 19.1. The molecule has 2 N–H and O–H groups in total. The minimum atomic E-state index is -0.289. The van der Waals surface area contributed by atoms with Gasteiger partial charge in [0.05, 0.1) is 7.11 Å². The normalized spacial score (nSPS) is 12.7. The minimum absolute atomic E-state index is 0.0257. The zero-order valence-corrected chi connectivity index (χ0v) is 12.2. The van der Waals surface area contributed by atoms with Gasteiger partial charge < -0.3 is 15.4 Å². The van der Waals surface area contributed by atoms with E-state index in [1.807, 2.05) is 0 Å². The van der Waals surface area contributed by atoms with Crippen molar-refractivity contribution in [1.82, 2.24) is 4.90 Å². The number of benzene rings is 1. The average molecular weight is 268 g/mol. The predicted molar refractivity (Wildman–Crippen MR) is 77.0 cm³/mol. The molecular formula is C15H25FN2O. The molecule has 19 heavy (non-hydrogen) atoms. The van der Waals surface area contributed by atoms with Crippen molar-refractivity contribution in [3.05, 3.63) is 29.6 Å². The van der Waals surface area contributed by atoms with Gasteiger partial charge in [-0.25, -0.2) is 4.39 Å². The van der Waals surface area contributed by atoms with Crippen molar-refractivity contribution in [3.8, 4) is 5.75 Å². The molecule has 1 unspecified atom stereocenters. The van der Waals surface area contributed by atoms with Crippen LogP contribution in [0.1, 0.15) is 25.8 Å². The van der Waals surface area contributed by atoms with Gasteiger partial charge in [-0.15, -0.1) is 0 Å². The molecule has 4 heteroatoms. The van der Waals surface area contributed by atoms with Crippen molar-refractivity contribution in [2.75, 3.05) is 26.7 Å². The van der Waals surface area contributed by atoms with Gasteiger partial charge in [0.1, 0.15) is 0 Å². The van der Waals surface area contributed by atoms with Crippen LogP contribution in [-0.4, -0.2) is 37.7 Å². The summed E-state index contributed by atoms with van der Waals surface area (Å²) in [6, 6.07) is 5.17. The van der Waals surface area contributed by atoms with E-state index in [0.29, 0.717) is 12.0 Å². The lowest BCUT2D eigenvalue weighted by atomic mass is 10.0. The lowest BCUT2D eigenvalue weighted by Gasteiger charge is -2.20. The second-order valence-corrected chi connectivity index (χ2v) is 4.71. The summed E-state index contributed by atoms with van der Waals surface area (Å²) in [5.41, 5.74) is 6.72. The van der Waals surface area contributed by atoms with E-state index in [4.69, 9.17) is 10.5 Å². The lowest BCUT2D eigenvalue weighted by molar-refractivity contribution is 0.289. The molecule has 0 fully saturated rings.